The van der Waals surface area contributed by atoms with E-state index in [1.165, 1.54) is 55.9 Å². The molecule has 0 aliphatic carbocycles. The summed E-state index contributed by atoms with van der Waals surface area (Å²) in [5.41, 5.74) is 9.32. The van der Waals surface area contributed by atoms with Crippen LogP contribution in [0.5, 0.6) is 0 Å². The summed E-state index contributed by atoms with van der Waals surface area (Å²) in [6.45, 7) is 8.62. The first-order valence-corrected chi connectivity index (χ1v) is 13.0. The Morgan fingerprint density at radius 1 is 1.00 bits per heavy atom. The molecule has 0 saturated heterocycles. The van der Waals surface area contributed by atoms with Gasteiger partial charge in [0, 0.05) is 12.6 Å². The summed E-state index contributed by atoms with van der Waals surface area (Å²) in [4.78, 5) is 0. The number of halogens is 3. The predicted octanol–water partition coefficient (Wildman–Crippen LogP) is 8.16. The van der Waals surface area contributed by atoms with Gasteiger partial charge in [0.25, 0.3) is 0 Å². The topological polar surface area (TPSA) is 28.7 Å². The van der Waals surface area contributed by atoms with Crippen molar-refractivity contribution in [2.24, 2.45) is 7.05 Å². The molecule has 0 aliphatic rings. The van der Waals surface area contributed by atoms with Crippen LogP contribution in [0.4, 0.5) is 0 Å². The van der Waals surface area contributed by atoms with E-state index in [1.54, 1.807) is 0 Å². The summed E-state index contributed by atoms with van der Waals surface area (Å²) in [6.07, 6.45) is 0. The van der Waals surface area contributed by atoms with Crippen LogP contribution in [0, 0.1) is 14.9 Å². The van der Waals surface area contributed by atoms with Crippen molar-refractivity contribution in [2.75, 3.05) is 0 Å². The van der Waals surface area contributed by atoms with Crippen molar-refractivity contribution in [1.29, 1.82) is 0 Å². The molecule has 29 heavy (non-hydrogen) atoms. The number of para-hydroxylation sites is 1. The Bertz CT molecular complexity index is 1020. The Morgan fingerprint density at radius 3 is 2.07 bits per heavy atom. The van der Waals surface area contributed by atoms with E-state index in [1.807, 2.05) is 20.8 Å². The number of benzene rings is 2. The molecule has 0 fully saturated rings. The summed E-state index contributed by atoms with van der Waals surface area (Å²) < 4.78 is 3.43. The van der Waals surface area contributed by atoms with Crippen molar-refractivity contribution in [3.8, 4) is 0 Å². The van der Waals surface area contributed by atoms with Gasteiger partial charge in [0.2, 0.25) is 0 Å². The summed E-state index contributed by atoms with van der Waals surface area (Å²) >= 11 is 4.89. The third kappa shape index (κ3) is 8.20. The van der Waals surface area contributed by atoms with E-state index in [0.717, 1.165) is 4.47 Å². The Balaban J connectivity index is -0.000000549. The molecule has 3 aromatic carbocycles. The first-order valence-electron chi connectivity index (χ1n) is 7.98. The molecule has 0 spiro atoms. The van der Waals surface area contributed by atoms with Crippen LogP contribution in [-0.2, 0) is 30.4 Å². The summed E-state index contributed by atoms with van der Waals surface area (Å²) in [5, 5.41) is 5.31. The number of nitrogens with one attached hydrogen (secondary N) is 1. The molecule has 4 rings (SSSR count). The van der Waals surface area contributed by atoms with Crippen molar-refractivity contribution in [3.63, 3.8) is 0 Å². The third-order valence-electron chi connectivity index (χ3n) is 3.71. The van der Waals surface area contributed by atoms with E-state index in [4.69, 9.17) is 5.73 Å². The Hall–Kier alpha value is -0.0300. The fraction of sp³-hybridized carbons (Fsp3) is 0.227. The number of aryl methyl sites for hydroxylation is 1. The van der Waals surface area contributed by atoms with Gasteiger partial charge in [0.05, 0.1) is 0 Å². The van der Waals surface area contributed by atoms with Crippen molar-refractivity contribution in [1.82, 2.24) is 4.57 Å². The van der Waals surface area contributed by atoms with Crippen LogP contribution < -0.4 is 0 Å². The molecule has 1 heterocycles. The van der Waals surface area contributed by atoms with Gasteiger partial charge in [0.1, 0.15) is 0 Å². The third-order valence-corrected chi connectivity index (χ3v) is 4.21. The molecule has 160 valence electrons. The number of rotatable bonds is 0. The number of fused-ring (bicyclic) bond motifs is 5. The zero-order valence-corrected chi connectivity index (χ0v) is 24.4. The van der Waals surface area contributed by atoms with E-state index in [0.29, 0.717) is 0 Å². The van der Waals surface area contributed by atoms with Crippen LogP contribution in [0.3, 0.4) is 0 Å². The molecule has 2 nitrogen and oxygen atoms in total. The van der Waals surface area contributed by atoms with Gasteiger partial charge < -0.3 is 25.2 Å². The van der Waals surface area contributed by atoms with Gasteiger partial charge in [-0.1, -0.05) is 83.2 Å². The summed E-state index contributed by atoms with van der Waals surface area (Å²) in [6, 6.07) is 17.4. The maximum atomic E-state index is 6.94. The normalized spacial score (nSPS) is 9.55. The molecule has 4 aromatic rings. The monoisotopic (exact) mass is 588 g/mol. The molecule has 0 unspecified atom stereocenters. The number of nitrogens with zero attached hydrogens (tertiary/aromatic N) is 1. The van der Waals surface area contributed by atoms with E-state index < -0.39 is 0 Å². The van der Waals surface area contributed by atoms with Crippen LogP contribution in [0.2, 0.25) is 0 Å². The van der Waals surface area contributed by atoms with Gasteiger partial charge in [-0.3, -0.25) is 0 Å². The summed E-state index contributed by atoms with van der Waals surface area (Å²) in [7, 11) is 2.14. The Labute approximate surface area is 213 Å². The number of aromatic nitrogens is 1. The van der Waals surface area contributed by atoms with E-state index in [9.17, 15) is 0 Å². The van der Waals surface area contributed by atoms with Gasteiger partial charge in [-0.05, 0) is 16.1 Å². The van der Waals surface area contributed by atoms with Crippen LogP contribution in [-0.4, -0.2) is 17.0 Å². The SMILES string of the molecule is CC(C)(C)[NH-].Cl.Cl.Cn1c2ccccc2c2[cH-]c3cc(Br)ccc3c21.[CH3-].[CH3-].[Si]=[Zr]. The van der Waals surface area contributed by atoms with E-state index >= 15 is 0 Å². The van der Waals surface area contributed by atoms with Crippen LogP contribution in [0.1, 0.15) is 20.8 Å². The van der Waals surface area contributed by atoms with Crippen LogP contribution in [0.15, 0.2) is 53.0 Å². The minimum atomic E-state index is -0.250. The summed E-state index contributed by atoms with van der Waals surface area (Å²) in [5.74, 6) is 0. The first kappa shape index (κ1) is 33.6. The second-order valence-electron chi connectivity index (χ2n) is 6.96. The Morgan fingerprint density at radius 2 is 1.52 bits per heavy atom. The van der Waals surface area contributed by atoms with E-state index in [2.05, 4.69) is 83.0 Å². The van der Waals surface area contributed by atoms with Gasteiger partial charge >= 0.3 is 30.2 Å². The molecule has 1 aromatic heterocycles. The van der Waals surface area contributed by atoms with E-state index in [-0.39, 0.29) is 45.2 Å². The maximum absolute atomic E-state index is 6.94. The molecule has 0 bridgehead atoms. The van der Waals surface area contributed by atoms with Gasteiger partial charge in [-0.25, -0.2) is 0 Å². The molecule has 0 aliphatic heterocycles. The average molecular weight is 592 g/mol. The van der Waals surface area contributed by atoms with Crippen molar-refractivity contribution in [2.45, 2.75) is 26.3 Å². The molecule has 2 radical (unpaired) electrons. The van der Waals surface area contributed by atoms with Crippen LogP contribution >= 0.6 is 40.7 Å². The second kappa shape index (κ2) is 14.1. The second-order valence-corrected chi connectivity index (χ2v) is 7.88. The fourth-order valence-electron chi connectivity index (χ4n) is 2.92. The van der Waals surface area contributed by atoms with Crippen molar-refractivity contribution >= 4 is 80.2 Å². The fourth-order valence-corrected chi connectivity index (χ4v) is 3.30. The first-order chi connectivity index (χ1) is 11.8. The average Bonchev–Trinajstić information content (AvgIpc) is 3.04. The van der Waals surface area contributed by atoms with Gasteiger partial charge in [0.15, 0.2) is 0 Å². The zero-order valence-electron chi connectivity index (χ0n) is 17.8. The zero-order chi connectivity index (χ0) is 18.8. The van der Waals surface area contributed by atoms with Crippen molar-refractivity contribution in [3.05, 3.63) is 73.6 Å². The molecule has 7 heteroatoms. The molecular formula is C22H29BrCl2N2SiZr-4. The minimum absolute atomic E-state index is 0. The molecule has 0 amide bonds. The number of hydrogen-bond donors (Lipinski definition) is 0. The van der Waals surface area contributed by atoms with Gasteiger partial charge in [-0.2, -0.15) is 0 Å². The molecule has 0 atom stereocenters. The van der Waals surface area contributed by atoms with Crippen molar-refractivity contribution < 1.29 is 23.3 Å². The predicted molar refractivity (Wildman–Crippen MR) is 138 cm³/mol. The molecular weight excluding hydrogens is 562 g/mol. The molecule has 1 N–H and O–H groups in total. The quantitative estimate of drug-likeness (QED) is 0.146. The van der Waals surface area contributed by atoms with Crippen LogP contribution in [0.25, 0.3) is 38.3 Å². The molecule has 0 saturated carbocycles. The number of hydrogen-bond acceptors (Lipinski definition) is 0. The van der Waals surface area contributed by atoms with Gasteiger partial charge in [-0.15, -0.1) is 47.9 Å². The standard InChI is InChI=1S/C16H11BrN.C4H10N.2CH3.2ClH.Si.Zr/c1-18-15-5-3-2-4-13(15)14-9-10-8-11(17)6-7-12(10)16(14)18;1-4(2,3)5;;;;;;/h2-9H,1H3;5H,1-3H3;2*1H3;2*1H;;/q4*-1;;;;. The Kier molecular flexibility index (Phi) is 16.4.